The Balaban J connectivity index is 1.73. The topological polar surface area (TPSA) is 118 Å². The summed E-state index contributed by atoms with van der Waals surface area (Å²) >= 11 is 0. The van der Waals surface area contributed by atoms with E-state index in [0.29, 0.717) is 18.1 Å². The Hall–Kier alpha value is -3.82. The molecule has 0 radical (unpaired) electrons. The van der Waals surface area contributed by atoms with Crippen LogP contribution in [0.5, 0.6) is 11.5 Å². The Labute approximate surface area is 203 Å². The SMILES string of the molecule is CCOc1ccc(C(CNS(=O)(=O)c2cccc(C(=O)O)c2)c2c[nH]c3ccccc23)cc1OC. The molecule has 0 saturated carbocycles. The first-order valence-electron chi connectivity index (χ1n) is 11.0. The quantitative estimate of drug-likeness (QED) is 0.301. The molecule has 3 aromatic carbocycles. The van der Waals surface area contributed by atoms with Gasteiger partial charge in [-0.3, -0.25) is 0 Å². The molecule has 0 fully saturated rings. The number of ether oxygens (including phenoxy) is 2. The van der Waals surface area contributed by atoms with Gasteiger partial charge < -0.3 is 19.6 Å². The highest BCUT2D eigenvalue weighted by Crippen LogP contribution is 2.36. The fourth-order valence-electron chi connectivity index (χ4n) is 4.04. The molecule has 0 saturated heterocycles. The van der Waals surface area contributed by atoms with E-state index in [2.05, 4.69) is 9.71 Å². The molecular formula is C26H26N2O6S. The highest BCUT2D eigenvalue weighted by atomic mass is 32.2. The zero-order valence-electron chi connectivity index (χ0n) is 19.3. The summed E-state index contributed by atoms with van der Waals surface area (Å²) in [6.07, 6.45) is 1.87. The second-order valence-corrected chi connectivity index (χ2v) is 9.64. The van der Waals surface area contributed by atoms with Crippen molar-refractivity contribution >= 4 is 26.9 Å². The molecule has 0 aliphatic carbocycles. The van der Waals surface area contributed by atoms with E-state index in [1.165, 1.54) is 18.2 Å². The van der Waals surface area contributed by atoms with E-state index in [0.717, 1.165) is 28.1 Å². The summed E-state index contributed by atoms with van der Waals surface area (Å²) in [5.74, 6) is -0.415. The van der Waals surface area contributed by atoms with Gasteiger partial charge in [-0.1, -0.05) is 30.3 Å². The molecule has 182 valence electrons. The monoisotopic (exact) mass is 494 g/mol. The lowest BCUT2D eigenvalue weighted by Gasteiger charge is -2.20. The van der Waals surface area contributed by atoms with Crippen LogP contribution in [0.15, 0.2) is 77.8 Å². The number of carbonyl (C=O) groups is 1. The van der Waals surface area contributed by atoms with Gasteiger partial charge in [-0.25, -0.2) is 17.9 Å². The molecule has 1 aromatic heterocycles. The number of H-pyrrole nitrogens is 1. The molecule has 0 bridgehead atoms. The standard InChI is InChI=1S/C26H26N2O6S/c1-3-34-24-12-11-17(14-25(24)33-2)21(22-15-27-23-10-5-4-9-20(22)23)16-28-35(31,32)19-8-6-7-18(13-19)26(29)30/h4-15,21,27-28H,3,16H2,1-2H3,(H,29,30). The minimum absolute atomic E-state index is 0.0403. The van der Waals surface area contributed by atoms with Gasteiger partial charge in [0.25, 0.3) is 0 Å². The van der Waals surface area contributed by atoms with E-state index < -0.39 is 16.0 Å². The van der Waals surface area contributed by atoms with Crippen molar-refractivity contribution in [3.8, 4) is 11.5 Å². The van der Waals surface area contributed by atoms with Crippen molar-refractivity contribution in [1.29, 1.82) is 0 Å². The molecule has 4 rings (SSSR count). The number of fused-ring (bicyclic) bond motifs is 1. The van der Waals surface area contributed by atoms with E-state index in [4.69, 9.17) is 9.47 Å². The van der Waals surface area contributed by atoms with E-state index in [9.17, 15) is 18.3 Å². The predicted molar refractivity (Wildman–Crippen MR) is 133 cm³/mol. The number of carboxylic acid groups (broad SMARTS) is 1. The average Bonchev–Trinajstić information content (AvgIpc) is 3.29. The number of aromatic nitrogens is 1. The molecule has 35 heavy (non-hydrogen) atoms. The molecule has 0 aliphatic rings. The van der Waals surface area contributed by atoms with E-state index in [1.807, 2.05) is 55.6 Å². The van der Waals surface area contributed by atoms with Crippen LogP contribution in [-0.4, -0.2) is 44.7 Å². The van der Waals surface area contributed by atoms with Crippen molar-refractivity contribution < 1.29 is 27.8 Å². The Bertz CT molecular complexity index is 1460. The molecule has 8 nitrogen and oxygen atoms in total. The number of aromatic amines is 1. The van der Waals surface area contributed by atoms with E-state index >= 15 is 0 Å². The van der Waals surface area contributed by atoms with Crippen LogP contribution >= 0.6 is 0 Å². The number of hydrogen-bond donors (Lipinski definition) is 3. The molecule has 4 aromatic rings. The van der Waals surface area contributed by atoms with Crippen LogP contribution in [0.1, 0.15) is 34.3 Å². The summed E-state index contributed by atoms with van der Waals surface area (Å²) in [6, 6.07) is 18.6. The third kappa shape index (κ3) is 5.16. The van der Waals surface area contributed by atoms with Gasteiger partial charge in [0.2, 0.25) is 10.0 Å². The van der Waals surface area contributed by atoms with Crippen molar-refractivity contribution in [2.45, 2.75) is 17.7 Å². The largest absolute Gasteiger partial charge is 0.493 e. The van der Waals surface area contributed by atoms with Gasteiger partial charge >= 0.3 is 5.97 Å². The Morgan fingerprint density at radius 3 is 2.60 bits per heavy atom. The second kappa shape index (κ2) is 10.2. The van der Waals surface area contributed by atoms with Gasteiger partial charge in [-0.15, -0.1) is 0 Å². The average molecular weight is 495 g/mol. The maximum atomic E-state index is 13.1. The lowest BCUT2D eigenvalue weighted by Crippen LogP contribution is -2.29. The summed E-state index contributed by atoms with van der Waals surface area (Å²) in [5.41, 5.74) is 2.57. The molecule has 1 atom stereocenters. The van der Waals surface area contributed by atoms with Gasteiger partial charge in [-0.05, 0) is 54.4 Å². The first-order valence-corrected chi connectivity index (χ1v) is 12.5. The van der Waals surface area contributed by atoms with Crippen LogP contribution in [0.4, 0.5) is 0 Å². The van der Waals surface area contributed by atoms with Gasteiger partial charge in [-0.2, -0.15) is 0 Å². The molecular weight excluding hydrogens is 468 g/mol. The first kappa shape index (κ1) is 24.3. The van der Waals surface area contributed by atoms with Crippen LogP contribution in [-0.2, 0) is 10.0 Å². The Morgan fingerprint density at radius 2 is 1.86 bits per heavy atom. The number of sulfonamides is 1. The molecule has 1 unspecified atom stereocenters. The lowest BCUT2D eigenvalue weighted by molar-refractivity contribution is 0.0696. The summed E-state index contributed by atoms with van der Waals surface area (Å²) in [4.78, 5) is 14.4. The van der Waals surface area contributed by atoms with E-state index in [1.54, 1.807) is 7.11 Å². The van der Waals surface area contributed by atoms with Crippen LogP contribution < -0.4 is 14.2 Å². The maximum Gasteiger partial charge on any atom is 0.335 e. The van der Waals surface area contributed by atoms with Crippen LogP contribution in [0.3, 0.4) is 0 Å². The van der Waals surface area contributed by atoms with Gasteiger partial charge in [0.15, 0.2) is 11.5 Å². The smallest absolute Gasteiger partial charge is 0.335 e. The van der Waals surface area contributed by atoms with Crippen molar-refractivity contribution in [3.63, 3.8) is 0 Å². The van der Waals surface area contributed by atoms with Crippen molar-refractivity contribution in [1.82, 2.24) is 9.71 Å². The molecule has 1 heterocycles. The van der Waals surface area contributed by atoms with Gasteiger partial charge in [0.1, 0.15) is 0 Å². The van der Waals surface area contributed by atoms with E-state index in [-0.39, 0.29) is 22.9 Å². The number of aromatic carboxylic acids is 1. The third-order valence-electron chi connectivity index (χ3n) is 5.76. The zero-order chi connectivity index (χ0) is 25.0. The summed E-state index contributed by atoms with van der Waals surface area (Å²) in [7, 11) is -2.42. The second-order valence-electron chi connectivity index (χ2n) is 7.87. The number of para-hydroxylation sites is 1. The highest BCUT2D eigenvalue weighted by molar-refractivity contribution is 7.89. The Morgan fingerprint density at radius 1 is 1.06 bits per heavy atom. The minimum atomic E-state index is -3.98. The molecule has 0 amide bonds. The molecule has 0 spiro atoms. The maximum absolute atomic E-state index is 13.1. The lowest BCUT2D eigenvalue weighted by atomic mass is 9.91. The summed E-state index contributed by atoms with van der Waals surface area (Å²) in [5, 5.41) is 10.2. The van der Waals surface area contributed by atoms with Crippen molar-refractivity contribution in [3.05, 3.63) is 89.6 Å². The molecule has 9 heteroatoms. The number of hydrogen-bond acceptors (Lipinski definition) is 5. The highest BCUT2D eigenvalue weighted by Gasteiger charge is 2.24. The van der Waals surface area contributed by atoms with Crippen molar-refractivity contribution in [2.75, 3.05) is 20.3 Å². The molecule has 3 N–H and O–H groups in total. The van der Waals surface area contributed by atoms with Crippen LogP contribution in [0.2, 0.25) is 0 Å². The number of methoxy groups -OCH3 is 1. The molecule has 0 aliphatic heterocycles. The first-order chi connectivity index (χ1) is 16.8. The van der Waals surface area contributed by atoms with Gasteiger partial charge in [0.05, 0.1) is 24.2 Å². The Kier molecular flexibility index (Phi) is 7.09. The zero-order valence-corrected chi connectivity index (χ0v) is 20.1. The number of nitrogens with one attached hydrogen (secondary N) is 2. The normalized spacial score (nSPS) is 12.4. The predicted octanol–water partition coefficient (Wildman–Crippen LogP) is 4.38. The minimum Gasteiger partial charge on any atom is -0.493 e. The van der Waals surface area contributed by atoms with Crippen LogP contribution in [0, 0.1) is 0 Å². The summed E-state index contributed by atoms with van der Waals surface area (Å²) < 4.78 is 40.0. The third-order valence-corrected chi connectivity index (χ3v) is 7.18. The fraction of sp³-hybridized carbons (Fsp3) is 0.192. The number of rotatable bonds is 10. The summed E-state index contributed by atoms with van der Waals surface area (Å²) in [6.45, 7) is 2.41. The van der Waals surface area contributed by atoms with Crippen LogP contribution in [0.25, 0.3) is 10.9 Å². The van der Waals surface area contributed by atoms with Crippen molar-refractivity contribution in [2.24, 2.45) is 0 Å². The van der Waals surface area contributed by atoms with Gasteiger partial charge in [0, 0.05) is 29.6 Å². The number of benzene rings is 3. The number of carboxylic acids is 1. The fourth-order valence-corrected chi connectivity index (χ4v) is 5.13.